The Morgan fingerprint density at radius 1 is 1.31 bits per heavy atom. The predicted molar refractivity (Wildman–Crippen MR) is 56.7 cm³/mol. The number of ether oxygens (including phenoxy) is 2. The highest BCUT2D eigenvalue weighted by Crippen LogP contribution is 2.01. The highest BCUT2D eigenvalue weighted by molar-refractivity contribution is 5.89. The Morgan fingerprint density at radius 3 is 2.50 bits per heavy atom. The second-order valence-electron chi connectivity index (χ2n) is 3.09. The zero-order valence-electron chi connectivity index (χ0n) is 8.88. The second-order valence-corrected chi connectivity index (χ2v) is 3.09. The minimum atomic E-state index is -0.947. The molecule has 0 radical (unpaired) electrons. The lowest BCUT2D eigenvalue weighted by Gasteiger charge is -2.09. The number of carbonyl (C=O) groups excluding carboxylic acids is 2. The number of benzene rings is 1. The Morgan fingerprint density at radius 2 is 1.94 bits per heavy atom. The zero-order valence-corrected chi connectivity index (χ0v) is 8.88. The summed E-state index contributed by atoms with van der Waals surface area (Å²) in [5, 5.41) is 0. The number of methoxy groups -OCH3 is 1. The Labute approximate surface area is 93.1 Å². The van der Waals surface area contributed by atoms with Gasteiger partial charge in [-0.3, -0.25) is 4.79 Å². The lowest BCUT2D eigenvalue weighted by Crippen LogP contribution is -2.36. The average Bonchev–Trinajstić information content (AvgIpc) is 2.35. The molecule has 0 amide bonds. The molecule has 0 unspecified atom stereocenters. The highest BCUT2D eigenvalue weighted by atomic mass is 16.5. The van der Waals surface area contributed by atoms with E-state index < -0.39 is 18.0 Å². The molecule has 0 bridgehead atoms. The third-order valence-corrected chi connectivity index (χ3v) is 1.91. The predicted octanol–water partition coefficient (Wildman–Crippen LogP) is 0.344. The molecule has 1 aromatic carbocycles. The summed E-state index contributed by atoms with van der Waals surface area (Å²) in [7, 11) is 1.22. The third kappa shape index (κ3) is 3.36. The first kappa shape index (κ1) is 12.2. The van der Waals surface area contributed by atoms with E-state index in [-0.39, 0.29) is 6.61 Å². The molecule has 1 aromatic rings. The van der Waals surface area contributed by atoms with E-state index in [4.69, 9.17) is 10.5 Å². The van der Waals surface area contributed by atoms with Gasteiger partial charge in [0.05, 0.1) is 12.7 Å². The van der Waals surface area contributed by atoms with E-state index >= 15 is 0 Å². The molecule has 0 aliphatic rings. The van der Waals surface area contributed by atoms with Crippen molar-refractivity contribution >= 4 is 11.9 Å². The summed E-state index contributed by atoms with van der Waals surface area (Å²) >= 11 is 0. The highest BCUT2D eigenvalue weighted by Gasteiger charge is 2.16. The number of carbonyl (C=O) groups is 2. The van der Waals surface area contributed by atoms with Crippen molar-refractivity contribution in [3.63, 3.8) is 0 Å². The lowest BCUT2D eigenvalue weighted by atomic mass is 10.2. The summed E-state index contributed by atoms with van der Waals surface area (Å²) in [5.41, 5.74) is 5.82. The van der Waals surface area contributed by atoms with Crippen molar-refractivity contribution in [3.8, 4) is 0 Å². The quantitative estimate of drug-likeness (QED) is 0.745. The second kappa shape index (κ2) is 5.87. The van der Waals surface area contributed by atoms with Gasteiger partial charge in [-0.15, -0.1) is 0 Å². The molecule has 0 fully saturated rings. The van der Waals surface area contributed by atoms with E-state index in [0.717, 1.165) is 0 Å². The van der Waals surface area contributed by atoms with Gasteiger partial charge in [-0.05, 0) is 12.1 Å². The fraction of sp³-hybridized carbons (Fsp3) is 0.273. The maximum Gasteiger partial charge on any atom is 0.338 e. The molecule has 1 atom stereocenters. The van der Waals surface area contributed by atoms with E-state index in [1.165, 1.54) is 7.11 Å². The SMILES string of the molecule is COC(=O)[C@@H](N)COC(=O)c1ccccc1. The first-order valence-electron chi connectivity index (χ1n) is 4.70. The largest absolute Gasteiger partial charge is 0.468 e. The summed E-state index contributed by atoms with van der Waals surface area (Å²) in [6.45, 7) is -0.194. The van der Waals surface area contributed by atoms with Crippen LogP contribution in [0.15, 0.2) is 30.3 Å². The van der Waals surface area contributed by atoms with E-state index in [2.05, 4.69) is 4.74 Å². The van der Waals surface area contributed by atoms with Gasteiger partial charge in [0.15, 0.2) is 0 Å². The van der Waals surface area contributed by atoms with Gasteiger partial charge in [-0.1, -0.05) is 18.2 Å². The molecule has 0 saturated carbocycles. The molecule has 0 aliphatic heterocycles. The topological polar surface area (TPSA) is 78.6 Å². The van der Waals surface area contributed by atoms with Crippen molar-refractivity contribution in [1.82, 2.24) is 0 Å². The van der Waals surface area contributed by atoms with Crippen LogP contribution in [0.25, 0.3) is 0 Å². The van der Waals surface area contributed by atoms with Gasteiger partial charge in [0.2, 0.25) is 0 Å². The molecule has 0 saturated heterocycles. The van der Waals surface area contributed by atoms with Crippen molar-refractivity contribution in [2.45, 2.75) is 6.04 Å². The van der Waals surface area contributed by atoms with Crippen LogP contribution in [0.3, 0.4) is 0 Å². The molecule has 16 heavy (non-hydrogen) atoms. The average molecular weight is 223 g/mol. The van der Waals surface area contributed by atoms with Gasteiger partial charge in [0.1, 0.15) is 12.6 Å². The van der Waals surface area contributed by atoms with Crippen LogP contribution in [0.5, 0.6) is 0 Å². The number of hydrogen-bond donors (Lipinski definition) is 1. The van der Waals surface area contributed by atoms with E-state index in [1.807, 2.05) is 0 Å². The Kier molecular flexibility index (Phi) is 4.47. The van der Waals surface area contributed by atoms with Crippen LogP contribution >= 0.6 is 0 Å². The first-order chi connectivity index (χ1) is 7.65. The van der Waals surface area contributed by atoms with Crippen molar-refractivity contribution in [1.29, 1.82) is 0 Å². The molecule has 0 aromatic heterocycles. The minimum Gasteiger partial charge on any atom is -0.468 e. The summed E-state index contributed by atoms with van der Waals surface area (Å²) in [6, 6.07) is 7.51. The van der Waals surface area contributed by atoms with Gasteiger partial charge in [0, 0.05) is 0 Å². The van der Waals surface area contributed by atoms with Gasteiger partial charge in [-0.25, -0.2) is 4.79 Å². The Hall–Kier alpha value is -1.88. The van der Waals surface area contributed by atoms with Gasteiger partial charge >= 0.3 is 11.9 Å². The number of nitrogens with two attached hydrogens (primary N) is 1. The zero-order chi connectivity index (χ0) is 12.0. The molecular formula is C11H13NO4. The summed E-state index contributed by atoms with van der Waals surface area (Å²) in [4.78, 5) is 22.4. The van der Waals surface area contributed by atoms with Crippen molar-refractivity contribution in [2.75, 3.05) is 13.7 Å². The summed E-state index contributed by atoms with van der Waals surface area (Å²) < 4.78 is 9.24. The maximum atomic E-state index is 11.4. The molecule has 0 spiro atoms. The first-order valence-corrected chi connectivity index (χ1v) is 4.70. The standard InChI is InChI=1S/C11H13NO4/c1-15-11(14)9(12)7-16-10(13)8-5-3-2-4-6-8/h2-6,9H,7,12H2,1H3/t9-/m0/s1. The molecular weight excluding hydrogens is 210 g/mol. The van der Waals surface area contributed by atoms with Gasteiger partial charge in [0.25, 0.3) is 0 Å². The number of hydrogen-bond acceptors (Lipinski definition) is 5. The smallest absolute Gasteiger partial charge is 0.338 e. The fourth-order valence-corrected chi connectivity index (χ4v) is 1.04. The number of esters is 2. The molecule has 5 heteroatoms. The molecule has 5 nitrogen and oxygen atoms in total. The molecule has 0 aliphatic carbocycles. The third-order valence-electron chi connectivity index (χ3n) is 1.91. The molecule has 86 valence electrons. The van der Waals surface area contributed by atoms with Crippen molar-refractivity contribution < 1.29 is 19.1 Å². The van der Waals surface area contributed by atoms with Gasteiger partial charge in [-0.2, -0.15) is 0 Å². The van der Waals surface area contributed by atoms with Crippen molar-refractivity contribution in [2.24, 2.45) is 5.73 Å². The van der Waals surface area contributed by atoms with E-state index in [1.54, 1.807) is 30.3 Å². The summed E-state index contributed by atoms with van der Waals surface area (Å²) in [6.07, 6.45) is 0. The molecule has 0 heterocycles. The molecule has 1 rings (SSSR count). The van der Waals surface area contributed by atoms with E-state index in [0.29, 0.717) is 5.56 Å². The maximum absolute atomic E-state index is 11.4. The normalized spacial score (nSPS) is 11.6. The minimum absolute atomic E-state index is 0.194. The fourth-order valence-electron chi connectivity index (χ4n) is 1.04. The van der Waals surface area contributed by atoms with Crippen LogP contribution in [-0.2, 0) is 14.3 Å². The van der Waals surface area contributed by atoms with Crippen LogP contribution in [-0.4, -0.2) is 31.7 Å². The summed E-state index contributed by atoms with van der Waals surface area (Å²) in [5.74, 6) is -1.12. The van der Waals surface area contributed by atoms with Crippen LogP contribution < -0.4 is 5.73 Å². The van der Waals surface area contributed by atoms with Crippen LogP contribution in [0, 0.1) is 0 Å². The Bertz CT molecular complexity index is 364. The monoisotopic (exact) mass is 223 g/mol. The van der Waals surface area contributed by atoms with Crippen LogP contribution in [0.2, 0.25) is 0 Å². The van der Waals surface area contributed by atoms with Crippen LogP contribution in [0.4, 0.5) is 0 Å². The van der Waals surface area contributed by atoms with Gasteiger partial charge < -0.3 is 15.2 Å². The lowest BCUT2D eigenvalue weighted by molar-refractivity contribution is -0.143. The number of rotatable bonds is 4. The Balaban J connectivity index is 2.45. The van der Waals surface area contributed by atoms with Crippen LogP contribution in [0.1, 0.15) is 10.4 Å². The van der Waals surface area contributed by atoms with Crippen molar-refractivity contribution in [3.05, 3.63) is 35.9 Å². The molecule has 2 N–H and O–H groups in total. The van der Waals surface area contributed by atoms with E-state index in [9.17, 15) is 9.59 Å².